The zero-order valence-corrected chi connectivity index (χ0v) is 11.3. The summed E-state index contributed by atoms with van der Waals surface area (Å²) in [5.74, 6) is -8.57. The van der Waals surface area contributed by atoms with Crippen LogP contribution in [0.4, 0.5) is 22.0 Å². The molecule has 112 valence electrons. The van der Waals surface area contributed by atoms with Crippen LogP contribution in [0.5, 0.6) is 0 Å². The summed E-state index contributed by atoms with van der Waals surface area (Å²) in [6, 6.07) is 3.68. The van der Waals surface area contributed by atoms with Gasteiger partial charge in [0.25, 0.3) is 5.92 Å². The van der Waals surface area contributed by atoms with Crippen molar-refractivity contribution in [2.24, 2.45) is 5.92 Å². The summed E-state index contributed by atoms with van der Waals surface area (Å²) in [7, 11) is 0. The quantitative estimate of drug-likeness (QED) is 0.658. The molecule has 0 N–H and O–H groups in total. The van der Waals surface area contributed by atoms with Gasteiger partial charge in [0, 0.05) is 5.92 Å². The van der Waals surface area contributed by atoms with E-state index in [0.717, 1.165) is 6.07 Å². The Morgan fingerprint density at radius 1 is 1.14 bits per heavy atom. The summed E-state index contributed by atoms with van der Waals surface area (Å²) in [6.07, 6.45) is 0.664. The molecule has 0 bridgehead atoms. The van der Waals surface area contributed by atoms with Crippen molar-refractivity contribution < 1.29 is 22.0 Å². The summed E-state index contributed by atoms with van der Waals surface area (Å²) in [4.78, 5) is 0. The highest BCUT2D eigenvalue weighted by Gasteiger charge is 2.51. The molecule has 0 heterocycles. The summed E-state index contributed by atoms with van der Waals surface area (Å²) >= 11 is 0. The molecule has 2 aromatic rings. The average molecular weight is 300 g/mol. The highest BCUT2D eigenvalue weighted by Crippen LogP contribution is 2.51. The van der Waals surface area contributed by atoms with Crippen LogP contribution in [-0.4, -0.2) is 0 Å². The van der Waals surface area contributed by atoms with E-state index in [1.54, 1.807) is 6.92 Å². The number of hydrogen-bond donors (Lipinski definition) is 0. The molecule has 0 saturated heterocycles. The van der Waals surface area contributed by atoms with Crippen LogP contribution >= 0.6 is 0 Å². The minimum Gasteiger partial charge on any atom is -0.206 e. The number of rotatable bonds is 2. The molecule has 1 aliphatic rings. The standard InChI is InChI=1S/C16H13F5/c1-2-4-8-7-10-9-5-3-6-11(17)12(9)14(18)15(19)13(10)16(8,20)21/h3,5-6,8H,2,4,7H2,1H3. The van der Waals surface area contributed by atoms with Gasteiger partial charge in [0.2, 0.25) is 0 Å². The first-order valence-corrected chi connectivity index (χ1v) is 6.85. The minimum absolute atomic E-state index is 0.0341. The lowest BCUT2D eigenvalue weighted by Crippen LogP contribution is -2.22. The monoisotopic (exact) mass is 300 g/mol. The lowest BCUT2D eigenvalue weighted by Gasteiger charge is -2.19. The SMILES string of the molecule is CCCC1Cc2c(c(F)c(F)c3c(F)cccc23)C1(F)F. The van der Waals surface area contributed by atoms with E-state index in [-0.39, 0.29) is 23.8 Å². The molecule has 0 amide bonds. The van der Waals surface area contributed by atoms with Gasteiger partial charge in [0.1, 0.15) is 5.82 Å². The van der Waals surface area contributed by atoms with E-state index in [9.17, 15) is 22.0 Å². The van der Waals surface area contributed by atoms with E-state index in [1.165, 1.54) is 12.1 Å². The van der Waals surface area contributed by atoms with Crippen LogP contribution in [-0.2, 0) is 12.3 Å². The molecule has 0 radical (unpaired) electrons. The summed E-state index contributed by atoms with van der Waals surface area (Å²) in [5.41, 5.74) is -0.858. The predicted molar refractivity (Wildman–Crippen MR) is 69.8 cm³/mol. The largest absolute Gasteiger partial charge is 0.279 e. The maximum Gasteiger partial charge on any atom is 0.279 e. The van der Waals surface area contributed by atoms with Gasteiger partial charge in [0.05, 0.1) is 10.9 Å². The number of halogens is 5. The van der Waals surface area contributed by atoms with Gasteiger partial charge in [-0.15, -0.1) is 0 Å². The van der Waals surface area contributed by atoms with Crippen LogP contribution in [0.15, 0.2) is 18.2 Å². The van der Waals surface area contributed by atoms with Gasteiger partial charge in [0.15, 0.2) is 11.6 Å². The highest BCUT2D eigenvalue weighted by atomic mass is 19.3. The van der Waals surface area contributed by atoms with Crippen molar-refractivity contribution in [2.75, 3.05) is 0 Å². The van der Waals surface area contributed by atoms with Gasteiger partial charge in [-0.3, -0.25) is 0 Å². The number of benzene rings is 2. The molecule has 1 aliphatic carbocycles. The molecule has 0 spiro atoms. The molecule has 0 fully saturated rings. The van der Waals surface area contributed by atoms with Crippen LogP contribution < -0.4 is 0 Å². The average Bonchev–Trinajstić information content (AvgIpc) is 2.68. The summed E-state index contributed by atoms with van der Waals surface area (Å²) in [5, 5.41) is -0.496. The first kappa shape index (κ1) is 14.3. The molecule has 3 rings (SSSR count). The molecular formula is C16H13F5. The molecule has 1 atom stereocenters. The number of fused-ring (bicyclic) bond motifs is 3. The van der Waals surface area contributed by atoms with Gasteiger partial charge >= 0.3 is 0 Å². The molecule has 21 heavy (non-hydrogen) atoms. The molecule has 5 heteroatoms. The van der Waals surface area contributed by atoms with Gasteiger partial charge in [-0.2, -0.15) is 0 Å². The normalized spacial score (nSPS) is 20.0. The number of alkyl halides is 2. The Labute approximate surface area is 118 Å². The maximum absolute atomic E-state index is 14.4. The van der Waals surface area contributed by atoms with Crippen molar-refractivity contribution in [1.29, 1.82) is 0 Å². The fraction of sp³-hybridized carbons (Fsp3) is 0.375. The Bertz CT molecular complexity index is 720. The van der Waals surface area contributed by atoms with Gasteiger partial charge in [-0.1, -0.05) is 25.5 Å². The van der Waals surface area contributed by atoms with Crippen molar-refractivity contribution in [3.05, 3.63) is 46.8 Å². The fourth-order valence-corrected chi connectivity index (χ4v) is 3.26. The van der Waals surface area contributed by atoms with Crippen LogP contribution in [0.25, 0.3) is 10.8 Å². The van der Waals surface area contributed by atoms with Gasteiger partial charge in [-0.25, -0.2) is 22.0 Å². The topological polar surface area (TPSA) is 0 Å². The predicted octanol–water partition coefficient (Wildman–Crippen LogP) is 5.32. The highest BCUT2D eigenvalue weighted by molar-refractivity contribution is 5.89. The van der Waals surface area contributed by atoms with Crippen molar-refractivity contribution >= 4 is 10.8 Å². The zero-order valence-electron chi connectivity index (χ0n) is 11.3. The Morgan fingerprint density at radius 2 is 1.86 bits per heavy atom. The third-order valence-corrected chi connectivity index (χ3v) is 4.21. The zero-order chi connectivity index (χ0) is 15.4. The number of hydrogen-bond acceptors (Lipinski definition) is 0. The van der Waals surface area contributed by atoms with E-state index in [4.69, 9.17) is 0 Å². The Morgan fingerprint density at radius 3 is 2.52 bits per heavy atom. The smallest absolute Gasteiger partial charge is 0.206 e. The van der Waals surface area contributed by atoms with Crippen molar-refractivity contribution in [1.82, 2.24) is 0 Å². The Hall–Kier alpha value is -1.65. The minimum atomic E-state index is -3.42. The Kier molecular flexibility index (Phi) is 3.19. The Balaban J connectivity index is 2.37. The summed E-state index contributed by atoms with van der Waals surface area (Å²) < 4.78 is 70.6. The lowest BCUT2D eigenvalue weighted by atomic mass is 9.97. The summed E-state index contributed by atoms with van der Waals surface area (Å²) in [6.45, 7) is 1.76. The lowest BCUT2D eigenvalue weighted by molar-refractivity contribution is -0.0581. The first-order chi connectivity index (χ1) is 9.89. The maximum atomic E-state index is 14.4. The molecular weight excluding hydrogens is 287 g/mol. The van der Waals surface area contributed by atoms with E-state index in [2.05, 4.69) is 0 Å². The van der Waals surface area contributed by atoms with E-state index in [0.29, 0.717) is 6.42 Å². The van der Waals surface area contributed by atoms with Crippen LogP contribution in [0.1, 0.15) is 30.9 Å². The van der Waals surface area contributed by atoms with Crippen LogP contribution in [0.3, 0.4) is 0 Å². The van der Waals surface area contributed by atoms with E-state index >= 15 is 0 Å². The van der Waals surface area contributed by atoms with E-state index < -0.39 is 40.2 Å². The molecule has 1 unspecified atom stereocenters. The fourth-order valence-electron chi connectivity index (χ4n) is 3.26. The molecule has 0 nitrogen and oxygen atoms in total. The second kappa shape index (κ2) is 4.68. The van der Waals surface area contributed by atoms with Gasteiger partial charge in [-0.05, 0) is 29.9 Å². The van der Waals surface area contributed by atoms with Crippen LogP contribution in [0, 0.1) is 23.4 Å². The molecule has 0 aliphatic heterocycles. The third kappa shape index (κ3) is 1.86. The van der Waals surface area contributed by atoms with Crippen LogP contribution in [0.2, 0.25) is 0 Å². The van der Waals surface area contributed by atoms with Crippen molar-refractivity contribution in [3.8, 4) is 0 Å². The van der Waals surface area contributed by atoms with Crippen molar-refractivity contribution in [2.45, 2.75) is 32.1 Å². The van der Waals surface area contributed by atoms with Crippen molar-refractivity contribution in [3.63, 3.8) is 0 Å². The second-order valence-electron chi connectivity index (χ2n) is 5.46. The third-order valence-electron chi connectivity index (χ3n) is 4.21. The molecule has 0 aromatic heterocycles. The second-order valence-corrected chi connectivity index (χ2v) is 5.46. The molecule has 0 saturated carbocycles. The first-order valence-electron chi connectivity index (χ1n) is 6.85. The molecule has 2 aromatic carbocycles. The van der Waals surface area contributed by atoms with Gasteiger partial charge < -0.3 is 0 Å². The van der Waals surface area contributed by atoms with E-state index in [1.807, 2.05) is 0 Å².